The Labute approximate surface area is 116 Å². The molecular formula is C8H8BrNaO3S. The third-order valence-electron chi connectivity index (χ3n) is 1.39. The van der Waals surface area contributed by atoms with Crippen LogP contribution >= 0.6 is 15.9 Å². The zero-order valence-electron chi connectivity index (χ0n) is 7.95. The smallest absolute Gasteiger partial charge is 0.768 e. The molecule has 1 rings (SSSR count). The van der Waals surface area contributed by atoms with Crippen molar-refractivity contribution in [1.82, 2.24) is 0 Å². The summed E-state index contributed by atoms with van der Waals surface area (Å²) in [6, 6.07) is 4.87. The van der Waals surface area contributed by atoms with E-state index in [1.165, 1.54) is 6.07 Å². The van der Waals surface area contributed by atoms with Gasteiger partial charge in [0.1, 0.15) is 5.75 Å². The fourth-order valence-corrected chi connectivity index (χ4v) is 1.91. The molecule has 0 aliphatic rings. The second-order valence-corrected chi connectivity index (χ2v) is 4.08. The van der Waals surface area contributed by atoms with E-state index in [-0.39, 0.29) is 34.5 Å². The van der Waals surface area contributed by atoms with Gasteiger partial charge in [0.2, 0.25) is 0 Å². The normalized spacial score (nSPS) is 11.6. The summed E-state index contributed by atoms with van der Waals surface area (Å²) in [5.74, 6) is 0.388. The molecule has 1 aromatic rings. The number of ether oxygens (including phenoxy) is 1. The van der Waals surface area contributed by atoms with E-state index < -0.39 is 11.1 Å². The summed E-state index contributed by atoms with van der Waals surface area (Å²) in [6.07, 6.45) is 0. The van der Waals surface area contributed by atoms with Crippen molar-refractivity contribution in [2.24, 2.45) is 0 Å². The molecule has 0 amide bonds. The minimum absolute atomic E-state index is 0. The maximum atomic E-state index is 10.7. The van der Waals surface area contributed by atoms with Crippen molar-refractivity contribution in [3.63, 3.8) is 0 Å². The molecule has 72 valence electrons. The Hall–Kier alpha value is 0.610. The van der Waals surface area contributed by atoms with E-state index in [1.54, 1.807) is 19.1 Å². The average molecular weight is 287 g/mol. The molecule has 0 fully saturated rings. The Morgan fingerprint density at radius 2 is 2.21 bits per heavy atom. The third kappa shape index (κ3) is 4.00. The van der Waals surface area contributed by atoms with Gasteiger partial charge in [0.25, 0.3) is 0 Å². The van der Waals surface area contributed by atoms with Gasteiger partial charge in [-0.15, -0.1) is 0 Å². The summed E-state index contributed by atoms with van der Waals surface area (Å²) >= 11 is 0.930. The van der Waals surface area contributed by atoms with E-state index >= 15 is 0 Å². The minimum Gasteiger partial charge on any atom is -0.768 e. The molecule has 14 heavy (non-hydrogen) atoms. The quantitative estimate of drug-likeness (QED) is 0.534. The number of hydrogen-bond donors (Lipinski definition) is 0. The predicted octanol–water partition coefficient (Wildman–Crippen LogP) is -0.910. The van der Waals surface area contributed by atoms with Gasteiger partial charge in [0.05, 0.1) is 11.5 Å². The van der Waals surface area contributed by atoms with E-state index in [0.29, 0.717) is 12.4 Å². The van der Waals surface area contributed by atoms with Crippen LogP contribution in [0, 0.1) is 0 Å². The molecule has 1 unspecified atom stereocenters. The molecule has 0 bridgehead atoms. The molecule has 1 atom stereocenters. The second kappa shape index (κ2) is 6.98. The van der Waals surface area contributed by atoms with E-state index in [1.807, 2.05) is 0 Å². The largest absolute Gasteiger partial charge is 1.00 e. The van der Waals surface area contributed by atoms with Gasteiger partial charge in [-0.3, -0.25) is 4.21 Å². The van der Waals surface area contributed by atoms with Gasteiger partial charge < -0.3 is 9.29 Å². The van der Waals surface area contributed by atoms with Gasteiger partial charge in [0, 0.05) is 4.47 Å². The predicted molar refractivity (Wildman–Crippen MR) is 52.5 cm³/mol. The van der Waals surface area contributed by atoms with Crippen molar-refractivity contribution >= 4 is 27.0 Å². The van der Waals surface area contributed by atoms with Crippen LogP contribution < -0.4 is 34.3 Å². The monoisotopic (exact) mass is 286 g/mol. The summed E-state index contributed by atoms with van der Waals surface area (Å²) in [4.78, 5) is 0.177. The first-order chi connectivity index (χ1) is 6.15. The van der Waals surface area contributed by atoms with Gasteiger partial charge in [-0.25, -0.2) is 0 Å². The van der Waals surface area contributed by atoms with Crippen molar-refractivity contribution in [2.45, 2.75) is 11.8 Å². The zero-order chi connectivity index (χ0) is 9.84. The summed E-state index contributed by atoms with van der Waals surface area (Å²) in [7, 11) is 0. The Bertz CT molecular complexity index is 332. The maximum absolute atomic E-state index is 10.7. The molecule has 0 radical (unpaired) electrons. The summed E-state index contributed by atoms with van der Waals surface area (Å²) in [6.45, 7) is 2.26. The number of halogens is 1. The Kier molecular flexibility index (Phi) is 7.28. The molecule has 0 spiro atoms. The molecule has 0 aliphatic heterocycles. The number of hydrogen-bond acceptors (Lipinski definition) is 3. The van der Waals surface area contributed by atoms with E-state index in [0.717, 1.165) is 4.47 Å². The van der Waals surface area contributed by atoms with Gasteiger partial charge >= 0.3 is 29.6 Å². The third-order valence-corrected chi connectivity index (χ3v) is 2.56. The first-order valence-electron chi connectivity index (χ1n) is 3.66. The molecule has 0 aliphatic carbocycles. The van der Waals surface area contributed by atoms with Crippen LogP contribution in [0.1, 0.15) is 6.92 Å². The van der Waals surface area contributed by atoms with Gasteiger partial charge in [-0.1, -0.05) is 15.9 Å². The Morgan fingerprint density at radius 1 is 1.57 bits per heavy atom. The topological polar surface area (TPSA) is 49.4 Å². The average Bonchev–Trinajstić information content (AvgIpc) is 2.08. The van der Waals surface area contributed by atoms with Crippen LogP contribution in [-0.2, 0) is 11.1 Å². The summed E-state index contributed by atoms with van der Waals surface area (Å²) in [5.41, 5.74) is 0. The van der Waals surface area contributed by atoms with Crippen molar-refractivity contribution in [3.05, 3.63) is 22.7 Å². The Balaban J connectivity index is 0.00000169. The Morgan fingerprint density at radius 3 is 2.71 bits per heavy atom. The molecule has 1 aromatic carbocycles. The molecule has 0 saturated carbocycles. The first kappa shape index (κ1) is 14.6. The first-order valence-corrected chi connectivity index (χ1v) is 5.53. The fourth-order valence-electron chi connectivity index (χ4n) is 0.887. The van der Waals surface area contributed by atoms with Crippen molar-refractivity contribution < 1.29 is 43.1 Å². The molecule has 0 aromatic heterocycles. The molecule has 6 heteroatoms. The van der Waals surface area contributed by atoms with Crippen LogP contribution in [0.25, 0.3) is 0 Å². The second-order valence-electron chi connectivity index (χ2n) is 2.26. The zero-order valence-corrected chi connectivity index (χ0v) is 12.4. The van der Waals surface area contributed by atoms with E-state index in [2.05, 4.69) is 15.9 Å². The standard InChI is InChI=1S/C8H9BrO3S.Na/c1-2-12-7-4-3-6(9)5-8(7)13(10)11;/h3-5H,2H2,1H3,(H,10,11);/q;+1/p-1. The van der Waals surface area contributed by atoms with Crippen molar-refractivity contribution in [3.8, 4) is 5.75 Å². The van der Waals surface area contributed by atoms with Gasteiger partial charge in [-0.2, -0.15) is 0 Å². The van der Waals surface area contributed by atoms with Gasteiger partial charge in [0.15, 0.2) is 0 Å². The van der Waals surface area contributed by atoms with Crippen LogP contribution in [0.3, 0.4) is 0 Å². The van der Waals surface area contributed by atoms with Crippen molar-refractivity contribution in [2.75, 3.05) is 6.61 Å². The van der Waals surface area contributed by atoms with Crippen LogP contribution in [0.5, 0.6) is 5.75 Å². The molecule has 3 nitrogen and oxygen atoms in total. The van der Waals surface area contributed by atoms with Crippen LogP contribution in [0.2, 0.25) is 0 Å². The summed E-state index contributed by atoms with van der Waals surface area (Å²) in [5, 5.41) is 0. The molecule has 0 saturated heterocycles. The molecular weight excluding hydrogens is 279 g/mol. The SMILES string of the molecule is CCOc1ccc(Br)cc1S(=O)[O-].[Na+]. The summed E-state index contributed by atoms with van der Waals surface area (Å²) < 4.78 is 27.4. The van der Waals surface area contributed by atoms with E-state index in [9.17, 15) is 8.76 Å². The maximum Gasteiger partial charge on any atom is 1.00 e. The fraction of sp³-hybridized carbons (Fsp3) is 0.250. The van der Waals surface area contributed by atoms with Gasteiger partial charge in [-0.05, 0) is 36.2 Å². The van der Waals surface area contributed by atoms with Crippen LogP contribution in [-0.4, -0.2) is 15.4 Å². The minimum atomic E-state index is -2.26. The molecule has 0 N–H and O–H groups in total. The number of benzene rings is 1. The van der Waals surface area contributed by atoms with Crippen LogP contribution in [0.15, 0.2) is 27.6 Å². The number of rotatable bonds is 3. The van der Waals surface area contributed by atoms with E-state index in [4.69, 9.17) is 4.74 Å². The van der Waals surface area contributed by atoms with Crippen molar-refractivity contribution in [1.29, 1.82) is 0 Å². The van der Waals surface area contributed by atoms with Crippen LogP contribution in [0.4, 0.5) is 0 Å². The molecule has 0 heterocycles.